The summed E-state index contributed by atoms with van der Waals surface area (Å²) in [5, 5.41) is 17.3. The van der Waals surface area contributed by atoms with Gasteiger partial charge in [0.1, 0.15) is 0 Å². The minimum absolute atomic E-state index is 0.0601. The number of aromatic carboxylic acids is 1. The Morgan fingerprint density at radius 2 is 1.86 bits per heavy atom. The molecule has 1 amide bonds. The average Bonchev–Trinajstić information content (AvgIpc) is 3.34. The molecular weight excluding hydrogens is 462 g/mol. The second kappa shape index (κ2) is 7.55. The number of nitrogens with one attached hydrogen (secondary N) is 1. The minimum atomic E-state index is -0.959. The number of carboxylic acids is 1. The fourth-order valence-corrected chi connectivity index (χ4v) is 5.61. The maximum atomic E-state index is 13.2. The molecule has 1 aliphatic heterocycles. The number of benzene rings is 3. The first-order chi connectivity index (χ1) is 16.8. The smallest absolute Gasteiger partial charge is 0.335 e. The maximum Gasteiger partial charge on any atom is 0.335 e. The van der Waals surface area contributed by atoms with E-state index in [1.165, 1.54) is 0 Å². The van der Waals surface area contributed by atoms with Crippen molar-refractivity contribution in [2.24, 2.45) is 7.05 Å². The number of carbonyl (C=O) groups is 2. The second-order valence-corrected chi connectivity index (χ2v) is 9.83. The molecule has 0 saturated heterocycles. The van der Waals surface area contributed by atoms with Crippen LogP contribution < -0.4 is 5.32 Å². The molecule has 1 aliphatic carbocycles. The lowest BCUT2D eigenvalue weighted by Gasteiger charge is -2.13. The van der Waals surface area contributed by atoms with E-state index in [1.807, 2.05) is 68.0 Å². The molecule has 1 aromatic heterocycles. The molecule has 2 atom stereocenters. The minimum Gasteiger partial charge on any atom is -0.478 e. The van der Waals surface area contributed by atoms with E-state index in [-0.39, 0.29) is 17.4 Å². The average molecular weight is 484 g/mol. The third-order valence-corrected chi connectivity index (χ3v) is 7.64. The first-order valence-corrected chi connectivity index (χ1v) is 11.7. The monoisotopic (exact) mass is 483 g/mol. The molecule has 2 aliphatic rings. The Hall–Kier alpha value is -3.90. The lowest BCUT2D eigenvalue weighted by molar-refractivity contribution is -0.118. The van der Waals surface area contributed by atoms with Crippen LogP contribution in [-0.2, 0) is 17.3 Å². The second-order valence-electron chi connectivity index (χ2n) is 9.42. The highest BCUT2D eigenvalue weighted by atomic mass is 35.5. The van der Waals surface area contributed by atoms with Crippen molar-refractivity contribution < 1.29 is 14.7 Å². The number of hydrogen-bond donors (Lipinski definition) is 2. The van der Waals surface area contributed by atoms with Gasteiger partial charge < -0.3 is 10.4 Å². The summed E-state index contributed by atoms with van der Waals surface area (Å²) in [6.07, 6.45) is 4.42. The van der Waals surface area contributed by atoms with Crippen molar-refractivity contribution in [3.63, 3.8) is 0 Å². The highest BCUT2D eigenvalue weighted by Crippen LogP contribution is 2.65. The van der Waals surface area contributed by atoms with E-state index < -0.39 is 11.4 Å². The van der Waals surface area contributed by atoms with Crippen molar-refractivity contribution in [1.82, 2.24) is 9.78 Å². The van der Waals surface area contributed by atoms with E-state index in [9.17, 15) is 14.7 Å². The van der Waals surface area contributed by atoms with Gasteiger partial charge in [-0.1, -0.05) is 48.0 Å². The molecule has 2 unspecified atom stereocenters. The molecule has 2 N–H and O–H groups in total. The molecule has 6 nitrogen and oxygen atoms in total. The van der Waals surface area contributed by atoms with Crippen molar-refractivity contribution in [2.45, 2.75) is 24.7 Å². The van der Waals surface area contributed by atoms with Crippen LogP contribution in [0, 0.1) is 6.92 Å². The van der Waals surface area contributed by atoms with E-state index in [0.29, 0.717) is 17.0 Å². The Morgan fingerprint density at radius 1 is 1.11 bits per heavy atom. The van der Waals surface area contributed by atoms with Gasteiger partial charge in [0.05, 0.1) is 22.2 Å². The van der Waals surface area contributed by atoms with Crippen molar-refractivity contribution in [3.05, 3.63) is 94.3 Å². The zero-order valence-corrected chi connectivity index (χ0v) is 19.9. The predicted octanol–water partition coefficient (Wildman–Crippen LogP) is 5.79. The van der Waals surface area contributed by atoms with Crippen LogP contribution in [0.5, 0.6) is 0 Å². The van der Waals surface area contributed by atoms with E-state index in [0.717, 1.165) is 39.1 Å². The maximum absolute atomic E-state index is 13.2. The number of amides is 1. The van der Waals surface area contributed by atoms with Gasteiger partial charge in [0.15, 0.2) is 0 Å². The first kappa shape index (κ1) is 21.6. The molecule has 35 heavy (non-hydrogen) atoms. The van der Waals surface area contributed by atoms with Crippen LogP contribution in [0.3, 0.4) is 0 Å². The van der Waals surface area contributed by atoms with Gasteiger partial charge in [-0.05, 0) is 59.4 Å². The number of nitrogens with zero attached hydrogens (tertiary/aromatic N) is 2. The van der Waals surface area contributed by atoms with Crippen molar-refractivity contribution in [1.29, 1.82) is 0 Å². The quantitative estimate of drug-likeness (QED) is 0.384. The van der Waals surface area contributed by atoms with Crippen molar-refractivity contribution in [2.75, 3.05) is 5.32 Å². The largest absolute Gasteiger partial charge is 0.478 e. The molecule has 2 heterocycles. The fourth-order valence-electron chi connectivity index (χ4n) is 5.34. The molecule has 6 rings (SSSR count). The summed E-state index contributed by atoms with van der Waals surface area (Å²) in [6, 6.07) is 17.4. The molecular formula is C28H22ClN3O3. The summed E-state index contributed by atoms with van der Waals surface area (Å²) in [4.78, 5) is 24.8. The highest BCUT2D eigenvalue weighted by Gasteiger charge is 2.65. The standard InChI is InChI=1S/C28H22ClN3O3/c1-15-3-4-18(9-20(15)26(33)34)23-12-28(23)22-10-21(24(29)11-25(22)31-27(28)35)17-7-5-16(6-8-17)19-13-30-32(2)14-19/h3-11,13-14,23H,12H2,1-2H3,(H,31,35)(H,33,34). The molecule has 1 spiro atoms. The summed E-state index contributed by atoms with van der Waals surface area (Å²) in [6.45, 7) is 1.78. The zero-order chi connectivity index (χ0) is 24.5. The summed E-state index contributed by atoms with van der Waals surface area (Å²) in [5.74, 6) is -1.10. The molecule has 174 valence electrons. The van der Waals surface area contributed by atoms with Gasteiger partial charge in [-0.25, -0.2) is 4.79 Å². The number of carbonyl (C=O) groups excluding carboxylic acids is 1. The highest BCUT2D eigenvalue weighted by molar-refractivity contribution is 6.34. The van der Waals surface area contributed by atoms with Gasteiger partial charge in [0, 0.05) is 36.0 Å². The van der Waals surface area contributed by atoms with Crippen LogP contribution in [0.15, 0.2) is 67.0 Å². The van der Waals surface area contributed by atoms with Gasteiger partial charge in [-0.15, -0.1) is 0 Å². The topological polar surface area (TPSA) is 84.2 Å². The zero-order valence-electron chi connectivity index (χ0n) is 19.2. The predicted molar refractivity (Wildman–Crippen MR) is 135 cm³/mol. The Kier molecular flexibility index (Phi) is 4.66. The van der Waals surface area contributed by atoms with Gasteiger partial charge in [-0.3, -0.25) is 9.48 Å². The fraction of sp³-hybridized carbons (Fsp3) is 0.179. The number of halogens is 1. The normalized spacial score (nSPS) is 20.1. The summed E-state index contributed by atoms with van der Waals surface area (Å²) in [5.41, 5.74) is 6.70. The van der Waals surface area contributed by atoms with Crippen molar-refractivity contribution >= 4 is 29.2 Å². The molecule has 3 aromatic carbocycles. The van der Waals surface area contributed by atoms with E-state index >= 15 is 0 Å². The lowest BCUT2D eigenvalue weighted by atomic mass is 9.89. The Bertz CT molecular complexity index is 1540. The third kappa shape index (κ3) is 3.28. The van der Waals surface area contributed by atoms with Crippen LogP contribution >= 0.6 is 11.6 Å². The molecule has 1 saturated carbocycles. The van der Waals surface area contributed by atoms with E-state index in [2.05, 4.69) is 10.4 Å². The molecule has 7 heteroatoms. The summed E-state index contributed by atoms with van der Waals surface area (Å²) in [7, 11) is 1.89. The number of hydrogen-bond acceptors (Lipinski definition) is 3. The molecule has 1 fully saturated rings. The van der Waals surface area contributed by atoms with E-state index in [4.69, 9.17) is 11.6 Å². The van der Waals surface area contributed by atoms with Gasteiger partial charge in [0.25, 0.3) is 0 Å². The summed E-state index contributed by atoms with van der Waals surface area (Å²) >= 11 is 6.66. The van der Waals surface area contributed by atoms with Crippen LogP contribution in [0.1, 0.15) is 39.4 Å². The molecule has 0 bridgehead atoms. The van der Waals surface area contributed by atoms with Gasteiger partial charge in [0.2, 0.25) is 5.91 Å². The molecule has 4 aromatic rings. The molecule has 0 radical (unpaired) electrons. The number of rotatable bonds is 4. The van der Waals surface area contributed by atoms with Crippen LogP contribution in [0.4, 0.5) is 5.69 Å². The van der Waals surface area contributed by atoms with E-state index in [1.54, 1.807) is 17.7 Å². The van der Waals surface area contributed by atoms with Crippen molar-refractivity contribution in [3.8, 4) is 22.3 Å². The van der Waals surface area contributed by atoms with Gasteiger partial charge >= 0.3 is 5.97 Å². The first-order valence-electron chi connectivity index (χ1n) is 11.4. The third-order valence-electron chi connectivity index (χ3n) is 7.33. The van der Waals surface area contributed by atoms with Crippen LogP contribution in [0.25, 0.3) is 22.3 Å². The number of carboxylic acid groups (broad SMARTS) is 1. The summed E-state index contributed by atoms with van der Waals surface area (Å²) < 4.78 is 1.77. The SMILES string of the molecule is Cc1ccc(C2CC23C(=O)Nc2cc(Cl)c(-c4ccc(-c5cnn(C)c5)cc4)cc23)cc1C(=O)O. The Balaban J connectivity index is 1.38. The van der Waals surface area contributed by atoms with Gasteiger partial charge in [-0.2, -0.15) is 5.10 Å². The number of fused-ring (bicyclic) bond motifs is 2. The number of aryl methyl sites for hydroxylation is 2. The van der Waals surface area contributed by atoms with Crippen LogP contribution in [-0.4, -0.2) is 26.8 Å². The Labute approximate surface area is 207 Å². The Morgan fingerprint density at radius 3 is 2.54 bits per heavy atom. The number of anilines is 1. The van der Waals surface area contributed by atoms with Crippen LogP contribution in [0.2, 0.25) is 5.02 Å². The lowest BCUT2D eigenvalue weighted by Crippen LogP contribution is -2.21. The number of aromatic nitrogens is 2.